The molecular formula is C135H97N3S3. The average molecular weight is 1860 g/mol. The maximum absolute atomic E-state index is 2.45. The Balaban J connectivity index is 0.000000109. The van der Waals surface area contributed by atoms with Crippen LogP contribution in [0.3, 0.4) is 0 Å². The van der Waals surface area contributed by atoms with Crippen molar-refractivity contribution < 1.29 is 0 Å². The smallest absolute Gasteiger partial charge is 0.0546 e. The van der Waals surface area contributed by atoms with Crippen molar-refractivity contribution in [2.24, 2.45) is 0 Å². The van der Waals surface area contributed by atoms with Crippen LogP contribution in [0.25, 0.3) is 171 Å². The fourth-order valence-corrected chi connectivity index (χ4v) is 26.2. The highest BCUT2D eigenvalue weighted by molar-refractivity contribution is 7.26. The molecule has 25 aromatic rings. The molecule has 141 heavy (non-hydrogen) atoms. The van der Waals surface area contributed by atoms with Gasteiger partial charge in [-0.3, -0.25) is 0 Å². The van der Waals surface area contributed by atoms with Gasteiger partial charge < -0.3 is 14.7 Å². The predicted molar refractivity (Wildman–Crippen MR) is 609 cm³/mol. The molecule has 0 amide bonds. The monoisotopic (exact) mass is 1860 g/mol. The fraction of sp³-hybridized carbons (Fsp3) is 0.0667. The van der Waals surface area contributed by atoms with E-state index in [4.69, 9.17) is 0 Å². The molecule has 0 N–H and O–H groups in total. The molecule has 0 radical (unpaired) electrons. The van der Waals surface area contributed by atoms with Gasteiger partial charge in [-0.25, -0.2) is 0 Å². The molecule has 3 aliphatic carbocycles. The topological polar surface area (TPSA) is 9.72 Å². The third kappa shape index (κ3) is 14.6. The van der Waals surface area contributed by atoms with Gasteiger partial charge in [0.1, 0.15) is 0 Å². The Kier molecular flexibility index (Phi) is 20.6. The van der Waals surface area contributed by atoms with Gasteiger partial charge in [0.2, 0.25) is 0 Å². The summed E-state index contributed by atoms with van der Waals surface area (Å²) < 4.78 is 7.91. The molecule has 0 unspecified atom stereocenters. The number of rotatable bonds is 13. The molecule has 0 bridgehead atoms. The van der Waals surface area contributed by atoms with Crippen molar-refractivity contribution in [1.29, 1.82) is 0 Å². The standard InChI is InChI=1S/C47H33NS.C45H33NS.C43H31NS/c1-47(2)42-17-9-7-14-37(42)38-25-21-31(27-43(38)47)30-19-22-33(23-20-30)48(34-24-26-46-41(29-34)40-16-8-10-18-45(40)49-46)44-28-32-11-3-4-12-35(32)36-13-5-6-15-39(36)44;1-45(2)41-14-8-6-12-37(41)38-26-20-33(28-42(38)45)32-18-23-35(24-19-32)46(34-21-16-31(17-22-34)30-10-4-3-5-11-30)36-25-27-44-40(29-36)39-13-7-9-15-43(39)47-44;1-43(2)38-15-7-5-13-34(38)35-24-20-30(26-39(35)43)28-18-21-31(22-19-28)44(40-16-9-11-29-10-3-4-12-33(29)40)32-23-25-42-37(27-32)36-14-6-8-17-41(36)45-42/h3-29H,1-2H3;3-29H,1-2H3;3-27H,1-2H3. The largest absolute Gasteiger partial charge is 0.310 e. The van der Waals surface area contributed by atoms with E-state index in [2.05, 4.69) is 535 Å². The van der Waals surface area contributed by atoms with E-state index in [9.17, 15) is 0 Å². The molecule has 0 spiro atoms. The minimum Gasteiger partial charge on any atom is -0.310 e. The molecule has 6 heteroatoms. The molecule has 670 valence electrons. The van der Waals surface area contributed by atoms with E-state index >= 15 is 0 Å². The Morgan fingerprint density at radius 3 is 0.844 bits per heavy atom. The number of hydrogen-bond acceptors (Lipinski definition) is 6. The van der Waals surface area contributed by atoms with Gasteiger partial charge in [-0.05, 0) is 284 Å². The molecule has 0 fully saturated rings. The predicted octanol–water partition coefficient (Wildman–Crippen LogP) is 39.6. The Morgan fingerprint density at radius 2 is 0.426 bits per heavy atom. The molecule has 3 aromatic heterocycles. The van der Waals surface area contributed by atoms with Gasteiger partial charge in [0.15, 0.2) is 0 Å². The van der Waals surface area contributed by atoms with Crippen LogP contribution in [0.2, 0.25) is 0 Å². The van der Waals surface area contributed by atoms with E-state index in [1.165, 1.54) is 215 Å². The van der Waals surface area contributed by atoms with Crippen molar-refractivity contribution in [2.45, 2.75) is 57.8 Å². The Bertz CT molecular complexity index is 9270. The van der Waals surface area contributed by atoms with E-state index in [1.807, 2.05) is 34.0 Å². The summed E-state index contributed by atoms with van der Waals surface area (Å²) in [6.07, 6.45) is 0. The first kappa shape index (κ1) is 85.1. The highest BCUT2D eigenvalue weighted by Crippen LogP contribution is 2.56. The number of nitrogens with zero attached hydrogens (tertiary/aromatic N) is 3. The summed E-state index contributed by atoms with van der Waals surface area (Å²) in [6.45, 7) is 14.1. The molecule has 0 aliphatic heterocycles. The maximum Gasteiger partial charge on any atom is 0.0546 e. The van der Waals surface area contributed by atoms with Crippen molar-refractivity contribution >= 4 is 178 Å². The highest BCUT2D eigenvalue weighted by atomic mass is 32.1. The minimum absolute atomic E-state index is 0.0164. The zero-order valence-corrected chi connectivity index (χ0v) is 81.6. The summed E-state index contributed by atoms with van der Waals surface area (Å²) in [5, 5.41) is 15.3. The maximum atomic E-state index is 2.45. The first-order valence-electron chi connectivity index (χ1n) is 48.9. The van der Waals surface area contributed by atoms with Crippen molar-refractivity contribution in [3.63, 3.8) is 0 Å². The van der Waals surface area contributed by atoms with E-state index < -0.39 is 0 Å². The molecule has 28 rings (SSSR count). The lowest BCUT2D eigenvalue weighted by molar-refractivity contribution is 0.660. The van der Waals surface area contributed by atoms with Crippen LogP contribution >= 0.6 is 34.0 Å². The van der Waals surface area contributed by atoms with Gasteiger partial charge >= 0.3 is 0 Å². The zero-order chi connectivity index (χ0) is 94.4. The summed E-state index contributed by atoms with van der Waals surface area (Å²) >= 11 is 5.58. The lowest BCUT2D eigenvalue weighted by atomic mass is 9.81. The van der Waals surface area contributed by atoms with Crippen LogP contribution in [0.4, 0.5) is 51.2 Å². The van der Waals surface area contributed by atoms with E-state index in [1.54, 1.807) is 0 Å². The summed E-state index contributed by atoms with van der Waals surface area (Å²) in [7, 11) is 0. The van der Waals surface area contributed by atoms with Gasteiger partial charge in [-0.1, -0.05) is 369 Å². The molecule has 0 saturated carbocycles. The molecule has 22 aromatic carbocycles. The normalized spacial score (nSPS) is 13.2. The quantitative estimate of drug-likeness (QED) is 0.107. The molecule has 3 heterocycles. The van der Waals surface area contributed by atoms with Crippen LogP contribution in [-0.4, -0.2) is 0 Å². The van der Waals surface area contributed by atoms with E-state index in [-0.39, 0.29) is 16.2 Å². The first-order valence-corrected chi connectivity index (χ1v) is 51.3. The second-order valence-electron chi connectivity index (χ2n) is 39.3. The summed E-state index contributed by atoms with van der Waals surface area (Å²) in [4.78, 5) is 7.25. The molecule has 3 nitrogen and oxygen atoms in total. The second kappa shape index (κ2) is 34.1. The minimum atomic E-state index is -0.0275. The van der Waals surface area contributed by atoms with Gasteiger partial charge in [0, 0.05) is 127 Å². The second-order valence-corrected chi connectivity index (χ2v) is 42.6. The van der Waals surface area contributed by atoms with Crippen LogP contribution in [0.15, 0.2) is 479 Å². The summed E-state index contributed by atoms with van der Waals surface area (Å²) in [5.74, 6) is 0. The van der Waals surface area contributed by atoms with Gasteiger partial charge in [-0.2, -0.15) is 0 Å². The van der Waals surface area contributed by atoms with Crippen molar-refractivity contribution in [3.8, 4) is 77.9 Å². The summed E-state index contributed by atoms with van der Waals surface area (Å²) in [6, 6.07) is 177. The average Bonchev–Trinajstić information content (AvgIpc) is 1.65. The molecule has 0 saturated heterocycles. The number of thiophene rings is 3. The van der Waals surface area contributed by atoms with Gasteiger partial charge in [-0.15, -0.1) is 34.0 Å². The Labute approximate surface area is 834 Å². The fourth-order valence-electron chi connectivity index (χ4n) is 23.0. The van der Waals surface area contributed by atoms with Crippen LogP contribution in [-0.2, 0) is 16.2 Å². The molecule has 0 atom stereocenters. The van der Waals surface area contributed by atoms with Crippen LogP contribution < -0.4 is 14.7 Å². The Hall–Kier alpha value is -16.3. The Morgan fingerprint density at radius 1 is 0.149 bits per heavy atom. The van der Waals surface area contributed by atoms with Crippen LogP contribution in [0, 0.1) is 0 Å². The summed E-state index contributed by atoms with van der Waals surface area (Å²) in [5.41, 5.74) is 36.7. The van der Waals surface area contributed by atoms with Crippen molar-refractivity contribution in [1.82, 2.24) is 0 Å². The molecular weight excluding hydrogens is 1760 g/mol. The number of anilines is 9. The van der Waals surface area contributed by atoms with E-state index in [0.717, 1.165) is 39.8 Å². The van der Waals surface area contributed by atoms with E-state index in [0.29, 0.717) is 0 Å². The zero-order valence-electron chi connectivity index (χ0n) is 79.2. The first-order chi connectivity index (χ1) is 69.1. The highest BCUT2D eigenvalue weighted by Gasteiger charge is 2.39. The SMILES string of the molecule is CC1(C)c2ccccc2-c2ccc(-c3ccc(N(c4ccc(-c5ccccc5)cc4)c4ccc5sc6ccccc6c5c4)cc3)cc21.CC1(C)c2ccccc2-c2ccc(-c3ccc(N(c4ccc5sc6ccccc6c5c4)c4cc5ccccc5c5ccccc45)cc3)cc21.CC1(C)c2ccccc2-c2ccc(-c3ccc(N(c4ccc5sc6ccccc6c5c4)c4cccc5ccccc45)cc3)cc21. The van der Waals surface area contributed by atoms with Crippen molar-refractivity contribution in [3.05, 3.63) is 513 Å². The lowest BCUT2D eigenvalue weighted by Gasteiger charge is -2.28. The van der Waals surface area contributed by atoms with Crippen LogP contribution in [0.5, 0.6) is 0 Å². The van der Waals surface area contributed by atoms with Gasteiger partial charge in [0.05, 0.1) is 11.4 Å². The third-order valence-electron chi connectivity index (χ3n) is 30.2. The van der Waals surface area contributed by atoms with Crippen LogP contribution in [0.1, 0.15) is 74.9 Å². The number of benzene rings is 22. The number of fused-ring (bicyclic) bond motifs is 22. The molecule has 3 aliphatic rings. The lowest BCUT2D eigenvalue weighted by Crippen LogP contribution is -2.14. The van der Waals surface area contributed by atoms with Crippen molar-refractivity contribution in [2.75, 3.05) is 14.7 Å². The van der Waals surface area contributed by atoms with Gasteiger partial charge in [0.25, 0.3) is 0 Å². The number of hydrogen-bond donors (Lipinski definition) is 0. The third-order valence-corrected chi connectivity index (χ3v) is 33.7.